The normalized spacial score (nSPS) is 21.6. The summed E-state index contributed by atoms with van der Waals surface area (Å²) in [4.78, 5) is 79.6. The van der Waals surface area contributed by atoms with E-state index in [4.69, 9.17) is 18.9 Å². The highest BCUT2D eigenvalue weighted by molar-refractivity contribution is 6.25. The summed E-state index contributed by atoms with van der Waals surface area (Å²) in [6.45, 7) is 2.57. The molecule has 6 aromatic rings. The van der Waals surface area contributed by atoms with Gasteiger partial charge in [0.25, 0.3) is 0 Å². The number of fused-ring (bicyclic) bond motifs is 3. The molecule has 0 aliphatic carbocycles. The number of carbonyl (C=O) groups is 5. The molecular weight excluding hydrogens is 941 g/mol. The lowest BCUT2D eigenvalue weighted by Crippen LogP contribution is -2.58. The molecule has 2 saturated heterocycles. The van der Waals surface area contributed by atoms with E-state index in [0.29, 0.717) is 39.1 Å². The van der Waals surface area contributed by atoms with Crippen molar-refractivity contribution in [1.29, 1.82) is 0 Å². The fourth-order valence-corrected chi connectivity index (χ4v) is 10.7. The van der Waals surface area contributed by atoms with Crippen molar-refractivity contribution in [1.82, 2.24) is 15.5 Å². The fraction of sp³-hybridized carbons (Fsp3) is 0.271. The number of cyclic esters (lactones) is 1. The highest BCUT2D eigenvalue weighted by Crippen LogP contribution is 2.66. The van der Waals surface area contributed by atoms with Gasteiger partial charge in [-0.1, -0.05) is 135 Å². The number of ether oxygens (including phenoxy) is 4. The van der Waals surface area contributed by atoms with Crippen molar-refractivity contribution in [3.63, 3.8) is 0 Å². The summed E-state index contributed by atoms with van der Waals surface area (Å²) in [6, 6.07) is 40.1. The first-order valence-corrected chi connectivity index (χ1v) is 24.4. The molecule has 0 radical (unpaired) electrons. The van der Waals surface area contributed by atoms with E-state index in [1.165, 1.54) is 7.11 Å². The first-order valence-electron chi connectivity index (χ1n) is 24.4. The summed E-state index contributed by atoms with van der Waals surface area (Å²) >= 11 is 0. The van der Waals surface area contributed by atoms with E-state index < -0.39 is 83.4 Å². The van der Waals surface area contributed by atoms with Gasteiger partial charge in [-0.2, -0.15) is 0 Å². The second kappa shape index (κ2) is 21.8. The van der Waals surface area contributed by atoms with Crippen molar-refractivity contribution in [3.8, 4) is 23.3 Å². The van der Waals surface area contributed by atoms with Crippen LogP contribution in [0.2, 0.25) is 0 Å². The van der Waals surface area contributed by atoms with E-state index in [1.807, 2.05) is 65.6 Å². The predicted molar refractivity (Wildman–Crippen MR) is 274 cm³/mol. The van der Waals surface area contributed by atoms with Gasteiger partial charge in [0.05, 0.1) is 50.6 Å². The van der Waals surface area contributed by atoms with Gasteiger partial charge in [0, 0.05) is 23.2 Å². The van der Waals surface area contributed by atoms with Gasteiger partial charge in [0.2, 0.25) is 11.8 Å². The van der Waals surface area contributed by atoms with Crippen molar-refractivity contribution in [2.24, 2.45) is 11.8 Å². The molecule has 9 rings (SSSR count). The first-order chi connectivity index (χ1) is 35.9. The summed E-state index contributed by atoms with van der Waals surface area (Å²) in [5, 5.41) is 27.4. The van der Waals surface area contributed by atoms with Gasteiger partial charge in [0.1, 0.15) is 41.7 Å². The quantitative estimate of drug-likeness (QED) is 0.0654. The van der Waals surface area contributed by atoms with Crippen molar-refractivity contribution < 1.29 is 53.1 Å². The second-order valence-electron chi connectivity index (χ2n) is 18.6. The Morgan fingerprint density at radius 1 is 0.770 bits per heavy atom. The standard InChI is InChI=1S/C59H56N4O11/c1-36(2)49(55(67)72-4)61-58(70)62-45-31-28-38(25-24-37-26-29-42(71-3)30-27-37)34-44(45)59(57(62)69)48(54(66)60-35-46(65)39-16-8-5-9-17-39)51-56(68)74-52(41-20-12-7-13-21-41)50(40-18-10-6-11-19-40)63(51)53(59)43-22-14-15-23-47(43)73-33-32-64/h5-23,26-31,34,36,46,48-53,64-65H,32-33,35H2,1-4H3,(H,60,66)(H,61,70)/t46-,48-,49-,50-,51-,52+,53+,59-/m0/s1. The molecule has 4 amide bonds. The molecule has 0 aromatic heterocycles. The number of amides is 4. The molecule has 6 aromatic carbocycles. The van der Waals surface area contributed by atoms with Crippen LogP contribution in [0.25, 0.3) is 0 Å². The van der Waals surface area contributed by atoms with Crippen LogP contribution in [0.15, 0.2) is 158 Å². The Kier molecular flexibility index (Phi) is 14.9. The molecule has 0 bridgehead atoms. The van der Waals surface area contributed by atoms with Crippen molar-refractivity contribution >= 4 is 35.5 Å². The summed E-state index contributed by atoms with van der Waals surface area (Å²) in [6.07, 6.45) is -2.23. The molecule has 378 valence electrons. The number of anilines is 1. The maximum atomic E-state index is 16.8. The minimum absolute atomic E-state index is 0.0554. The average Bonchev–Trinajstić information content (AvgIpc) is 3.89. The van der Waals surface area contributed by atoms with E-state index in [0.717, 1.165) is 4.90 Å². The van der Waals surface area contributed by atoms with Crippen LogP contribution in [0.3, 0.4) is 0 Å². The van der Waals surface area contributed by atoms with Crippen LogP contribution in [0.4, 0.5) is 10.5 Å². The van der Waals surface area contributed by atoms with Gasteiger partial charge in [-0.3, -0.25) is 19.3 Å². The van der Waals surface area contributed by atoms with Crippen LogP contribution in [0.1, 0.15) is 77.1 Å². The molecule has 3 aliphatic heterocycles. The zero-order chi connectivity index (χ0) is 52.1. The molecule has 8 atom stereocenters. The fourth-order valence-electron chi connectivity index (χ4n) is 10.7. The number of carbonyl (C=O) groups excluding carboxylic acids is 5. The Morgan fingerprint density at radius 3 is 2.04 bits per heavy atom. The highest BCUT2D eigenvalue weighted by Gasteiger charge is 2.76. The third-order valence-electron chi connectivity index (χ3n) is 14.0. The number of aliphatic hydroxyl groups excluding tert-OH is 2. The molecule has 1 spiro atoms. The number of urea groups is 1. The Bertz CT molecular complexity index is 3090. The summed E-state index contributed by atoms with van der Waals surface area (Å²) < 4.78 is 23.4. The summed E-state index contributed by atoms with van der Waals surface area (Å²) in [7, 11) is 2.76. The maximum absolute atomic E-state index is 16.8. The van der Waals surface area contributed by atoms with Crippen LogP contribution in [-0.2, 0) is 34.1 Å². The summed E-state index contributed by atoms with van der Waals surface area (Å²) in [5.74, 6) is 1.75. The topological polar surface area (TPSA) is 193 Å². The molecule has 2 fully saturated rings. The molecular formula is C59H56N4O11. The third-order valence-corrected chi connectivity index (χ3v) is 14.0. The number of rotatable bonds is 14. The van der Waals surface area contributed by atoms with Crippen LogP contribution >= 0.6 is 0 Å². The lowest BCUT2D eigenvalue weighted by molar-refractivity contribution is -0.178. The van der Waals surface area contributed by atoms with Gasteiger partial charge in [0.15, 0.2) is 0 Å². The molecule has 4 N–H and O–H groups in total. The Hall–Kier alpha value is -8.29. The number of aliphatic hydroxyl groups is 2. The van der Waals surface area contributed by atoms with Crippen molar-refractivity contribution in [2.45, 2.75) is 55.6 Å². The van der Waals surface area contributed by atoms with Crippen LogP contribution in [-0.4, -0.2) is 91.0 Å². The Balaban J connectivity index is 1.36. The van der Waals surface area contributed by atoms with Gasteiger partial charge >= 0.3 is 18.0 Å². The number of benzene rings is 6. The summed E-state index contributed by atoms with van der Waals surface area (Å²) in [5.41, 5.74) is 1.15. The molecule has 0 saturated carbocycles. The zero-order valence-electron chi connectivity index (χ0n) is 41.2. The highest BCUT2D eigenvalue weighted by atomic mass is 16.6. The Morgan fingerprint density at radius 2 is 1.39 bits per heavy atom. The van der Waals surface area contributed by atoms with Crippen molar-refractivity contribution in [3.05, 3.63) is 197 Å². The smallest absolute Gasteiger partial charge is 0.329 e. The number of hydrogen-bond acceptors (Lipinski definition) is 12. The minimum Gasteiger partial charge on any atom is -0.497 e. The van der Waals surface area contributed by atoms with E-state index >= 15 is 19.2 Å². The zero-order valence-corrected chi connectivity index (χ0v) is 41.2. The minimum atomic E-state index is -2.24. The number of nitrogens with one attached hydrogen (secondary N) is 2. The number of nitrogens with zero attached hydrogens (tertiary/aromatic N) is 2. The van der Waals surface area contributed by atoms with Gasteiger partial charge in [-0.15, -0.1) is 0 Å². The van der Waals surface area contributed by atoms with Gasteiger partial charge in [-0.05, 0) is 76.7 Å². The number of imide groups is 1. The third kappa shape index (κ3) is 9.35. The van der Waals surface area contributed by atoms with Crippen molar-refractivity contribution in [2.75, 3.05) is 38.9 Å². The maximum Gasteiger partial charge on any atom is 0.329 e. The molecule has 15 nitrogen and oxygen atoms in total. The lowest BCUT2D eigenvalue weighted by atomic mass is 9.65. The second-order valence-corrected chi connectivity index (χ2v) is 18.6. The largest absolute Gasteiger partial charge is 0.497 e. The van der Waals surface area contributed by atoms with Gasteiger partial charge in [-0.25, -0.2) is 14.5 Å². The lowest BCUT2D eigenvalue weighted by Gasteiger charge is -2.46. The van der Waals surface area contributed by atoms with Gasteiger partial charge < -0.3 is 39.8 Å². The average molecular weight is 997 g/mol. The molecule has 0 unspecified atom stereocenters. The molecule has 3 heterocycles. The van der Waals surface area contributed by atoms with Crippen LogP contribution in [0.5, 0.6) is 11.5 Å². The first kappa shape index (κ1) is 50.6. The SMILES string of the molecule is COC(=O)[C@@H](NC(=O)N1C(=O)[C@@]2(c3cc(C#Cc4ccc(OC)cc4)ccc31)[C@H](C(=O)NC[C@H](O)c1ccccc1)[C@H]1C(=O)O[C@H](c3ccccc3)[C@H](c3ccccc3)N1[C@@H]2c1ccccc1OCCO)C(C)C. The predicted octanol–water partition coefficient (Wildman–Crippen LogP) is 6.89. The molecule has 74 heavy (non-hydrogen) atoms. The number of para-hydroxylation sites is 1. The van der Waals surface area contributed by atoms with Crippen LogP contribution in [0, 0.1) is 23.7 Å². The Labute approximate surface area is 429 Å². The van der Waals surface area contributed by atoms with Crippen LogP contribution < -0.4 is 25.0 Å². The number of morpholine rings is 1. The number of methoxy groups -OCH3 is 2. The van der Waals surface area contributed by atoms with E-state index in [2.05, 4.69) is 22.5 Å². The molecule has 3 aliphatic rings. The number of esters is 2. The number of hydrogen-bond donors (Lipinski definition) is 4. The monoisotopic (exact) mass is 996 g/mol. The molecule has 15 heteroatoms. The van der Waals surface area contributed by atoms with E-state index in [9.17, 15) is 15.0 Å². The van der Waals surface area contributed by atoms with E-state index in [-0.39, 0.29) is 36.8 Å². The van der Waals surface area contributed by atoms with E-state index in [1.54, 1.807) is 118 Å².